The maximum absolute atomic E-state index is 8.78. The average molecular weight is 155 g/mol. The molecule has 0 aliphatic rings. The fraction of sp³-hybridized carbons (Fsp3) is 0. The Morgan fingerprint density at radius 3 is 2.36 bits per heavy atom. The number of pyridine rings is 1. The van der Waals surface area contributed by atoms with E-state index in [4.69, 9.17) is 15.6 Å². The summed E-state index contributed by atoms with van der Waals surface area (Å²) in [7, 11) is 0. The first-order chi connectivity index (χ1) is 5.13. The molecule has 1 aromatic heterocycles. The molecule has 1 amide bonds. The van der Waals surface area contributed by atoms with Crippen molar-refractivity contribution in [3.05, 3.63) is 24.5 Å². The largest absolute Gasteiger partial charge is 0.465 e. The summed E-state index contributed by atoms with van der Waals surface area (Å²) in [5.74, 6) is 0. The van der Waals surface area contributed by atoms with Gasteiger partial charge in [-0.2, -0.15) is 0 Å². The molecule has 0 aliphatic carbocycles. The van der Waals surface area contributed by atoms with Crippen molar-refractivity contribution in [2.24, 2.45) is 5.73 Å². The van der Waals surface area contributed by atoms with Gasteiger partial charge in [0.2, 0.25) is 0 Å². The number of hydrogen-bond donors (Lipinski definition) is 3. The topological polar surface area (TPSA) is 102 Å². The van der Waals surface area contributed by atoms with Crippen LogP contribution in [0.15, 0.2) is 24.5 Å². The summed E-state index contributed by atoms with van der Waals surface area (Å²) in [5.41, 5.74) is 10.0. The van der Waals surface area contributed by atoms with E-state index in [9.17, 15) is 0 Å². The summed E-state index contributed by atoms with van der Waals surface area (Å²) >= 11 is 0. The number of nitrogens with zero attached hydrogens (tertiary/aromatic N) is 1. The van der Waals surface area contributed by atoms with Gasteiger partial charge in [0.25, 0.3) is 0 Å². The maximum atomic E-state index is 8.78. The van der Waals surface area contributed by atoms with Crippen LogP contribution < -0.4 is 11.5 Å². The van der Waals surface area contributed by atoms with Crippen LogP contribution in [0.1, 0.15) is 0 Å². The van der Waals surface area contributed by atoms with Crippen molar-refractivity contribution in [3.8, 4) is 0 Å². The van der Waals surface area contributed by atoms with Crippen LogP contribution in [0.5, 0.6) is 0 Å². The van der Waals surface area contributed by atoms with Gasteiger partial charge in [-0.15, -0.1) is 0 Å². The number of carboxylic acid groups (broad SMARTS) is 1. The summed E-state index contributed by atoms with van der Waals surface area (Å²) in [4.78, 5) is 12.5. The van der Waals surface area contributed by atoms with Gasteiger partial charge in [0.05, 0.1) is 5.69 Å². The van der Waals surface area contributed by atoms with Gasteiger partial charge in [-0.1, -0.05) is 0 Å². The molecular weight excluding hydrogens is 146 g/mol. The molecule has 0 atom stereocenters. The lowest BCUT2D eigenvalue weighted by Crippen LogP contribution is -2.03. The van der Waals surface area contributed by atoms with Gasteiger partial charge in [0.15, 0.2) is 0 Å². The predicted molar refractivity (Wildman–Crippen MR) is 40.9 cm³/mol. The van der Waals surface area contributed by atoms with Gasteiger partial charge in [-0.25, -0.2) is 4.79 Å². The van der Waals surface area contributed by atoms with Gasteiger partial charge in [-0.05, 0) is 12.1 Å². The van der Waals surface area contributed by atoms with Crippen LogP contribution in [0, 0.1) is 0 Å². The Morgan fingerprint density at radius 2 is 2.18 bits per heavy atom. The lowest BCUT2D eigenvalue weighted by atomic mass is 10.4. The van der Waals surface area contributed by atoms with Crippen LogP contribution in [0.2, 0.25) is 0 Å². The zero-order valence-electron chi connectivity index (χ0n) is 5.77. The Morgan fingerprint density at radius 1 is 1.64 bits per heavy atom. The molecule has 0 aromatic carbocycles. The number of primary amides is 1. The lowest BCUT2D eigenvalue weighted by molar-refractivity contribution is 0.205. The highest BCUT2D eigenvalue weighted by molar-refractivity contribution is 5.61. The smallest absolute Gasteiger partial charge is 0.402 e. The van der Waals surface area contributed by atoms with Gasteiger partial charge >= 0.3 is 6.09 Å². The second-order valence-electron chi connectivity index (χ2n) is 1.62. The number of rotatable bonds is 0. The molecular formula is C6H9N3O2. The molecule has 0 aliphatic heterocycles. The fourth-order valence-electron chi connectivity index (χ4n) is 0.376. The van der Waals surface area contributed by atoms with Crippen LogP contribution in [0.25, 0.3) is 0 Å². The van der Waals surface area contributed by atoms with Crippen LogP contribution in [0.4, 0.5) is 10.5 Å². The Kier molecular flexibility index (Phi) is 4.22. The Hall–Kier alpha value is -1.78. The van der Waals surface area contributed by atoms with Crippen molar-refractivity contribution in [2.75, 3.05) is 5.73 Å². The van der Waals surface area contributed by atoms with E-state index in [0.29, 0.717) is 5.69 Å². The summed E-state index contributed by atoms with van der Waals surface area (Å²) in [6.45, 7) is 0. The normalized spacial score (nSPS) is 7.64. The standard InChI is InChI=1S/C5H6N2.CH3NO2/c6-5-2-1-3-7-4-5;2-1(3)4/h1-4H,6H2;2H2,(H,3,4). The molecule has 5 nitrogen and oxygen atoms in total. The molecule has 0 bridgehead atoms. The number of nitrogens with two attached hydrogens (primary N) is 2. The summed E-state index contributed by atoms with van der Waals surface area (Å²) in [5, 5.41) is 7.19. The van der Waals surface area contributed by atoms with Crippen molar-refractivity contribution in [1.82, 2.24) is 4.98 Å². The Labute approximate surface area is 63.7 Å². The first kappa shape index (κ1) is 9.22. The molecule has 0 radical (unpaired) electrons. The number of aromatic nitrogens is 1. The number of carbonyl (C=O) groups is 1. The van der Waals surface area contributed by atoms with Gasteiger partial charge in [0.1, 0.15) is 0 Å². The number of anilines is 1. The van der Waals surface area contributed by atoms with E-state index in [1.165, 1.54) is 0 Å². The zero-order chi connectivity index (χ0) is 8.69. The minimum atomic E-state index is -1.33. The Bertz CT molecular complexity index is 208. The van der Waals surface area contributed by atoms with Crippen molar-refractivity contribution in [1.29, 1.82) is 0 Å². The van der Waals surface area contributed by atoms with Gasteiger partial charge < -0.3 is 16.6 Å². The number of amides is 1. The zero-order valence-corrected chi connectivity index (χ0v) is 5.77. The average Bonchev–Trinajstić information content (AvgIpc) is 1.87. The summed E-state index contributed by atoms with van der Waals surface area (Å²) in [6, 6.07) is 3.60. The summed E-state index contributed by atoms with van der Waals surface area (Å²) in [6.07, 6.45) is 1.97. The van der Waals surface area contributed by atoms with Gasteiger partial charge in [-0.3, -0.25) is 4.98 Å². The Balaban J connectivity index is 0.000000218. The molecule has 0 saturated heterocycles. The molecule has 0 unspecified atom stereocenters. The van der Waals surface area contributed by atoms with Crippen LogP contribution >= 0.6 is 0 Å². The van der Waals surface area contributed by atoms with Crippen LogP contribution in [-0.4, -0.2) is 16.2 Å². The van der Waals surface area contributed by atoms with E-state index in [0.717, 1.165) is 0 Å². The maximum Gasteiger partial charge on any atom is 0.402 e. The van der Waals surface area contributed by atoms with Gasteiger partial charge in [0, 0.05) is 12.4 Å². The molecule has 60 valence electrons. The fourth-order valence-corrected chi connectivity index (χ4v) is 0.376. The third kappa shape index (κ3) is 8.22. The minimum absolute atomic E-state index is 0.711. The van der Waals surface area contributed by atoms with E-state index in [-0.39, 0.29) is 0 Å². The quantitative estimate of drug-likeness (QED) is 0.500. The molecule has 0 spiro atoms. The van der Waals surface area contributed by atoms with Crippen molar-refractivity contribution in [3.63, 3.8) is 0 Å². The highest BCUT2D eigenvalue weighted by Crippen LogP contribution is 1.92. The van der Waals surface area contributed by atoms with Crippen molar-refractivity contribution >= 4 is 11.8 Å². The first-order valence-corrected chi connectivity index (χ1v) is 2.77. The molecule has 0 saturated carbocycles. The highest BCUT2D eigenvalue weighted by Gasteiger charge is 1.73. The molecule has 1 aromatic rings. The number of nitrogen functional groups attached to an aromatic ring is 1. The lowest BCUT2D eigenvalue weighted by Gasteiger charge is -1.83. The minimum Gasteiger partial charge on any atom is -0.465 e. The molecule has 1 rings (SSSR count). The second-order valence-corrected chi connectivity index (χ2v) is 1.62. The highest BCUT2D eigenvalue weighted by atomic mass is 16.4. The number of hydrogen-bond acceptors (Lipinski definition) is 3. The van der Waals surface area contributed by atoms with Crippen LogP contribution in [0.3, 0.4) is 0 Å². The first-order valence-electron chi connectivity index (χ1n) is 2.77. The summed E-state index contributed by atoms with van der Waals surface area (Å²) < 4.78 is 0. The van der Waals surface area contributed by atoms with E-state index < -0.39 is 6.09 Å². The SMILES string of the molecule is NC(=O)O.Nc1cccnc1. The molecule has 5 heteroatoms. The van der Waals surface area contributed by atoms with Crippen LogP contribution in [-0.2, 0) is 0 Å². The van der Waals surface area contributed by atoms with E-state index in [1.807, 2.05) is 0 Å². The second kappa shape index (κ2) is 5.04. The predicted octanol–water partition coefficient (Wildman–Crippen LogP) is 0.287. The van der Waals surface area contributed by atoms with Crippen molar-refractivity contribution in [2.45, 2.75) is 0 Å². The third-order valence-electron chi connectivity index (χ3n) is 0.684. The van der Waals surface area contributed by atoms with Crippen molar-refractivity contribution < 1.29 is 9.90 Å². The third-order valence-corrected chi connectivity index (χ3v) is 0.684. The molecule has 5 N–H and O–H groups in total. The molecule has 1 heterocycles. The monoisotopic (exact) mass is 155 g/mol. The van der Waals surface area contributed by atoms with E-state index in [2.05, 4.69) is 10.7 Å². The molecule has 0 fully saturated rings. The van der Waals surface area contributed by atoms with E-state index >= 15 is 0 Å². The molecule has 11 heavy (non-hydrogen) atoms. The van der Waals surface area contributed by atoms with E-state index in [1.54, 1.807) is 24.5 Å².